The van der Waals surface area contributed by atoms with Gasteiger partial charge >= 0.3 is 0 Å². The number of hydrogen-bond donors (Lipinski definition) is 1. The van der Waals surface area contributed by atoms with E-state index in [1.165, 1.54) is 0 Å². The highest BCUT2D eigenvalue weighted by Crippen LogP contribution is 2.43. The highest BCUT2D eigenvalue weighted by atomic mass is 32.2. The average molecular weight is 413 g/mol. The lowest BCUT2D eigenvalue weighted by atomic mass is 10.0. The second-order valence-corrected chi connectivity index (χ2v) is 10.4. The van der Waals surface area contributed by atoms with Crippen molar-refractivity contribution in [3.8, 4) is 5.75 Å². The SMILES string of the molecule is CCCNC(=O)c1nc2c(c(C(C)(C)S(C)(=O)=O)n1)OCC1COCC(C)N21. The van der Waals surface area contributed by atoms with Gasteiger partial charge in [0.1, 0.15) is 17.0 Å². The number of carbonyl (C=O) groups is 1. The predicted octanol–water partition coefficient (Wildman–Crippen LogP) is 0.882. The van der Waals surface area contributed by atoms with Crippen molar-refractivity contribution in [2.75, 3.05) is 37.5 Å². The van der Waals surface area contributed by atoms with Gasteiger partial charge in [-0.15, -0.1) is 0 Å². The molecular formula is C18H28N4O5S. The molecule has 3 heterocycles. The molecule has 1 fully saturated rings. The van der Waals surface area contributed by atoms with Crippen LogP contribution in [-0.4, -0.2) is 69.0 Å². The molecule has 156 valence electrons. The van der Waals surface area contributed by atoms with E-state index in [0.717, 1.165) is 12.7 Å². The van der Waals surface area contributed by atoms with E-state index in [-0.39, 0.29) is 23.6 Å². The van der Waals surface area contributed by atoms with Gasteiger partial charge in [0, 0.05) is 12.8 Å². The maximum absolute atomic E-state index is 12.6. The lowest BCUT2D eigenvalue weighted by Crippen LogP contribution is -2.56. The number of nitrogens with zero attached hydrogens (tertiary/aromatic N) is 3. The first kappa shape index (κ1) is 20.8. The quantitative estimate of drug-likeness (QED) is 0.759. The molecule has 0 saturated carbocycles. The minimum atomic E-state index is -3.54. The molecule has 1 saturated heterocycles. The molecule has 1 aromatic rings. The van der Waals surface area contributed by atoms with Crippen molar-refractivity contribution in [2.24, 2.45) is 0 Å². The number of ether oxygens (including phenoxy) is 2. The van der Waals surface area contributed by atoms with Crippen molar-refractivity contribution in [1.82, 2.24) is 15.3 Å². The number of sulfone groups is 1. The van der Waals surface area contributed by atoms with Gasteiger partial charge in [-0.3, -0.25) is 4.79 Å². The van der Waals surface area contributed by atoms with Gasteiger partial charge in [-0.25, -0.2) is 18.4 Å². The van der Waals surface area contributed by atoms with Crippen LogP contribution in [-0.2, 0) is 19.3 Å². The van der Waals surface area contributed by atoms with Gasteiger partial charge in [0.25, 0.3) is 5.91 Å². The summed E-state index contributed by atoms with van der Waals surface area (Å²) in [7, 11) is -3.54. The Morgan fingerprint density at radius 2 is 2.00 bits per heavy atom. The summed E-state index contributed by atoms with van der Waals surface area (Å²) in [4.78, 5) is 23.5. The molecule has 2 aliphatic heterocycles. The number of carbonyl (C=O) groups excluding carboxylic acids is 1. The number of aromatic nitrogens is 2. The number of rotatable bonds is 5. The topological polar surface area (TPSA) is 111 Å². The molecule has 2 aliphatic rings. The lowest BCUT2D eigenvalue weighted by molar-refractivity contribution is 0.0481. The zero-order valence-corrected chi connectivity index (χ0v) is 17.8. The Labute approximate surface area is 165 Å². The number of anilines is 1. The van der Waals surface area contributed by atoms with Crippen LogP contribution >= 0.6 is 0 Å². The van der Waals surface area contributed by atoms with E-state index in [1.807, 2.05) is 13.8 Å². The summed E-state index contributed by atoms with van der Waals surface area (Å²) < 4.78 is 35.2. The van der Waals surface area contributed by atoms with Gasteiger partial charge in [0.2, 0.25) is 5.82 Å². The van der Waals surface area contributed by atoms with Crippen molar-refractivity contribution in [3.05, 3.63) is 11.5 Å². The van der Waals surface area contributed by atoms with Crippen LogP contribution in [0, 0.1) is 0 Å². The number of hydrogen-bond acceptors (Lipinski definition) is 8. The molecule has 0 bridgehead atoms. The molecule has 1 aromatic heterocycles. The van der Waals surface area contributed by atoms with Gasteiger partial charge < -0.3 is 19.7 Å². The average Bonchev–Trinajstić information content (AvgIpc) is 2.63. The third-order valence-corrected chi connectivity index (χ3v) is 7.33. The van der Waals surface area contributed by atoms with E-state index < -0.39 is 20.5 Å². The molecule has 0 radical (unpaired) electrons. The summed E-state index contributed by atoms with van der Waals surface area (Å²) in [6.07, 6.45) is 1.92. The molecule has 10 heteroatoms. The fraction of sp³-hybridized carbons (Fsp3) is 0.722. The van der Waals surface area contributed by atoms with Crippen LogP contribution in [0.2, 0.25) is 0 Å². The van der Waals surface area contributed by atoms with Gasteiger partial charge in [-0.05, 0) is 27.2 Å². The number of nitrogens with one attached hydrogen (secondary N) is 1. The molecular weight excluding hydrogens is 384 g/mol. The second-order valence-electron chi connectivity index (χ2n) is 7.85. The standard InChI is InChI=1S/C18H28N4O5S/c1-6-7-19-17(23)15-20-14(18(3,4)28(5,24)25)13-16(21-15)22-11(2)8-26-9-12(22)10-27-13/h11-12H,6-10H2,1-5H3,(H,19,23). The molecule has 1 N–H and O–H groups in total. The Morgan fingerprint density at radius 1 is 1.29 bits per heavy atom. The van der Waals surface area contributed by atoms with Crippen molar-refractivity contribution >= 4 is 21.6 Å². The smallest absolute Gasteiger partial charge is 0.289 e. The summed E-state index contributed by atoms with van der Waals surface area (Å²) in [6, 6.07) is -0.0380. The van der Waals surface area contributed by atoms with E-state index in [2.05, 4.69) is 20.2 Å². The van der Waals surface area contributed by atoms with Crippen LogP contribution in [0.4, 0.5) is 5.82 Å². The molecule has 2 unspecified atom stereocenters. The predicted molar refractivity (Wildman–Crippen MR) is 105 cm³/mol. The Bertz CT molecular complexity index is 871. The van der Waals surface area contributed by atoms with Crippen LogP contribution in [0.3, 0.4) is 0 Å². The minimum Gasteiger partial charge on any atom is -0.486 e. The van der Waals surface area contributed by atoms with Gasteiger partial charge in [-0.1, -0.05) is 6.92 Å². The third kappa shape index (κ3) is 3.55. The third-order valence-electron chi connectivity index (χ3n) is 5.29. The van der Waals surface area contributed by atoms with E-state index >= 15 is 0 Å². The first-order chi connectivity index (χ1) is 13.1. The zero-order valence-electron chi connectivity index (χ0n) is 17.0. The first-order valence-electron chi connectivity index (χ1n) is 9.47. The summed E-state index contributed by atoms with van der Waals surface area (Å²) in [6.45, 7) is 8.90. The Kier molecular flexibility index (Phi) is 5.55. The van der Waals surface area contributed by atoms with Crippen LogP contribution < -0.4 is 15.0 Å². The molecule has 0 aromatic carbocycles. The molecule has 28 heavy (non-hydrogen) atoms. The summed E-state index contributed by atoms with van der Waals surface area (Å²) in [5, 5.41) is 2.76. The molecule has 0 spiro atoms. The lowest BCUT2D eigenvalue weighted by Gasteiger charge is -2.45. The molecule has 0 aliphatic carbocycles. The molecule has 3 rings (SSSR count). The van der Waals surface area contributed by atoms with Gasteiger partial charge in [0.05, 0.1) is 25.3 Å². The van der Waals surface area contributed by atoms with E-state index in [4.69, 9.17) is 9.47 Å². The largest absolute Gasteiger partial charge is 0.486 e. The van der Waals surface area contributed by atoms with Crippen molar-refractivity contribution in [2.45, 2.75) is 50.9 Å². The summed E-state index contributed by atoms with van der Waals surface area (Å²) >= 11 is 0. The highest BCUT2D eigenvalue weighted by Gasteiger charge is 2.44. The first-order valence-corrected chi connectivity index (χ1v) is 11.4. The van der Waals surface area contributed by atoms with Gasteiger partial charge in [-0.2, -0.15) is 0 Å². The molecule has 1 amide bonds. The number of amides is 1. The van der Waals surface area contributed by atoms with Crippen LogP contribution in [0.15, 0.2) is 0 Å². The summed E-state index contributed by atoms with van der Waals surface area (Å²) in [5.74, 6) is 0.294. The van der Waals surface area contributed by atoms with Crippen molar-refractivity contribution < 1.29 is 22.7 Å². The molecule has 2 atom stereocenters. The number of morpholine rings is 1. The number of fused-ring (bicyclic) bond motifs is 3. The van der Waals surface area contributed by atoms with Crippen molar-refractivity contribution in [3.63, 3.8) is 0 Å². The Hall–Kier alpha value is -1.94. The van der Waals surface area contributed by atoms with Crippen LogP contribution in [0.5, 0.6) is 5.75 Å². The second kappa shape index (κ2) is 7.47. The van der Waals surface area contributed by atoms with E-state index in [1.54, 1.807) is 13.8 Å². The Balaban J connectivity index is 2.20. The molecule has 9 nitrogen and oxygen atoms in total. The van der Waals surface area contributed by atoms with Crippen LogP contribution in [0.1, 0.15) is 50.4 Å². The summed E-state index contributed by atoms with van der Waals surface area (Å²) in [5.41, 5.74) is 0.207. The fourth-order valence-corrected chi connectivity index (χ4v) is 3.82. The normalized spacial score (nSPS) is 22.1. The maximum atomic E-state index is 12.6. The Morgan fingerprint density at radius 3 is 2.64 bits per heavy atom. The van der Waals surface area contributed by atoms with E-state index in [9.17, 15) is 13.2 Å². The zero-order chi connectivity index (χ0) is 20.7. The fourth-order valence-electron chi connectivity index (χ4n) is 3.33. The van der Waals surface area contributed by atoms with Crippen molar-refractivity contribution in [1.29, 1.82) is 0 Å². The van der Waals surface area contributed by atoms with Crippen LogP contribution in [0.25, 0.3) is 0 Å². The van der Waals surface area contributed by atoms with Gasteiger partial charge in [0.15, 0.2) is 21.4 Å². The monoisotopic (exact) mass is 412 g/mol. The maximum Gasteiger partial charge on any atom is 0.289 e. The van der Waals surface area contributed by atoms with E-state index in [0.29, 0.717) is 37.9 Å². The highest BCUT2D eigenvalue weighted by molar-refractivity contribution is 7.91. The minimum absolute atomic E-state index is 0.0112.